The van der Waals surface area contributed by atoms with Crippen molar-refractivity contribution >= 4 is 29.8 Å². The predicted molar refractivity (Wildman–Crippen MR) is 187 cm³/mol. The van der Waals surface area contributed by atoms with Gasteiger partial charge in [-0.05, 0) is 50.8 Å². The normalized spacial score (nSPS) is 13.5. The first-order valence-electron chi connectivity index (χ1n) is 16.6. The van der Waals surface area contributed by atoms with E-state index in [1.54, 1.807) is 58.0 Å². The number of amides is 3. The Morgan fingerprint density at radius 1 is 0.686 bits per heavy atom. The summed E-state index contributed by atoms with van der Waals surface area (Å²) in [5.41, 5.74) is 1.47. The molecule has 13 nitrogen and oxygen atoms in total. The molecule has 3 rings (SSSR count). The number of aliphatic carboxylic acids is 1. The molecule has 0 fully saturated rings. The molecule has 3 aromatic carbocycles. The molecule has 0 unspecified atom stereocenters. The zero-order valence-corrected chi connectivity index (χ0v) is 29.3. The summed E-state index contributed by atoms with van der Waals surface area (Å²) >= 11 is 0. The Balaban J connectivity index is 1.82. The van der Waals surface area contributed by atoms with Crippen molar-refractivity contribution in [1.82, 2.24) is 16.0 Å². The second-order valence-corrected chi connectivity index (χ2v) is 12.8. The minimum atomic E-state index is -1.41. The van der Waals surface area contributed by atoms with E-state index in [0.29, 0.717) is 5.56 Å². The summed E-state index contributed by atoms with van der Waals surface area (Å²) in [4.78, 5) is 65.0. The van der Waals surface area contributed by atoms with Crippen LogP contribution in [0.5, 0.6) is 0 Å². The summed E-state index contributed by atoms with van der Waals surface area (Å²) in [6, 6.07) is 23.1. The van der Waals surface area contributed by atoms with Crippen LogP contribution in [0.15, 0.2) is 91.0 Å². The molecule has 4 atom stereocenters. The van der Waals surface area contributed by atoms with Gasteiger partial charge in [0.05, 0.1) is 25.9 Å². The fourth-order valence-electron chi connectivity index (χ4n) is 4.66. The van der Waals surface area contributed by atoms with Gasteiger partial charge in [0.2, 0.25) is 11.8 Å². The van der Waals surface area contributed by atoms with Crippen molar-refractivity contribution in [1.29, 1.82) is 0 Å². The Kier molecular flexibility index (Phi) is 16.1. The molecule has 4 N–H and O–H groups in total. The fourth-order valence-corrected chi connectivity index (χ4v) is 4.66. The zero-order valence-electron chi connectivity index (χ0n) is 29.3. The summed E-state index contributed by atoms with van der Waals surface area (Å²) in [6.07, 6.45) is -2.56. The lowest BCUT2D eigenvalue weighted by Gasteiger charge is -2.29. The molecule has 3 aromatic rings. The van der Waals surface area contributed by atoms with Crippen molar-refractivity contribution < 1.29 is 48.0 Å². The van der Waals surface area contributed by atoms with Crippen LogP contribution < -0.4 is 16.0 Å². The molecule has 0 aliphatic rings. The van der Waals surface area contributed by atoms with E-state index in [0.717, 1.165) is 11.1 Å². The largest absolute Gasteiger partial charge is 0.481 e. The lowest BCUT2D eigenvalue weighted by Crippen LogP contribution is -2.60. The zero-order chi connectivity index (χ0) is 37.2. The van der Waals surface area contributed by atoms with Crippen LogP contribution in [0.1, 0.15) is 57.2 Å². The molecular formula is C38H47N3O10. The van der Waals surface area contributed by atoms with Gasteiger partial charge in [0.15, 0.2) is 0 Å². The highest BCUT2D eigenvalue weighted by atomic mass is 16.6. The molecule has 0 spiro atoms. The maximum absolute atomic E-state index is 13.9. The average Bonchev–Trinajstić information content (AvgIpc) is 3.10. The molecule has 0 saturated carbocycles. The third-order valence-electron chi connectivity index (χ3n) is 7.28. The molecule has 3 amide bonds. The van der Waals surface area contributed by atoms with Gasteiger partial charge in [0.1, 0.15) is 30.3 Å². The Bertz CT molecular complexity index is 1550. The summed E-state index contributed by atoms with van der Waals surface area (Å²) in [5.74, 6) is -3.66. The molecule has 0 heterocycles. The monoisotopic (exact) mass is 705 g/mol. The van der Waals surface area contributed by atoms with Crippen molar-refractivity contribution in [3.63, 3.8) is 0 Å². The summed E-state index contributed by atoms with van der Waals surface area (Å²) in [7, 11) is 0. The van der Waals surface area contributed by atoms with E-state index in [1.807, 2.05) is 60.7 Å². The quantitative estimate of drug-likeness (QED) is 0.132. The number of ether oxygens (including phenoxy) is 4. The third-order valence-corrected chi connectivity index (χ3v) is 7.28. The summed E-state index contributed by atoms with van der Waals surface area (Å²) in [5, 5.41) is 17.0. The van der Waals surface area contributed by atoms with E-state index in [2.05, 4.69) is 16.0 Å². The molecule has 274 valence electrons. The number of rotatable bonds is 19. The van der Waals surface area contributed by atoms with Crippen LogP contribution in [0.4, 0.5) is 4.79 Å². The van der Waals surface area contributed by atoms with E-state index in [9.17, 15) is 29.1 Å². The van der Waals surface area contributed by atoms with Crippen molar-refractivity contribution in [2.45, 2.75) is 90.2 Å². The van der Waals surface area contributed by atoms with Gasteiger partial charge in [-0.25, -0.2) is 9.59 Å². The minimum Gasteiger partial charge on any atom is -0.481 e. The number of alkyl carbamates (subject to hydrolysis) is 1. The molecular weight excluding hydrogens is 658 g/mol. The maximum atomic E-state index is 13.9. The summed E-state index contributed by atoms with van der Waals surface area (Å²) in [6.45, 7) is 6.43. The van der Waals surface area contributed by atoms with Crippen molar-refractivity contribution in [3.05, 3.63) is 108 Å². The van der Waals surface area contributed by atoms with Gasteiger partial charge >= 0.3 is 18.0 Å². The number of hydrogen-bond donors (Lipinski definition) is 4. The van der Waals surface area contributed by atoms with Crippen molar-refractivity contribution in [2.24, 2.45) is 0 Å². The first kappa shape index (κ1) is 40.2. The van der Waals surface area contributed by atoms with Crippen LogP contribution in [-0.4, -0.2) is 71.4 Å². The molecule has 0 saturated heterocycles. The highest BCUT2D eigenvalue weighted by molar-refractivity contribution is 5.93. The van der Waals surface area contributed by atoms with Crippen LogP contribution in [0.25, 0.3) is 0 Å². The molecule has 13 heteroatoms. The standard InChI is InChI=1S/C38H47N3O10/c1-26(49-23-28-16-10-6-11-17-28)33(35(45)39-30(20-21-32(42)43)36(46)50-24-29-18-12-7-13-19-29)41-34(44)31(40-37(47)51-38(2,3)4)25-48-22-27-14-8-5-9-15-27/h5-19,26,30-31,33H,20-25H2,1-4H3,(H,39,45)(H,40,47)(H,41,44)(H,42,43)/t26-,30+,31+,33+/m1/s1. The number of esters is 1. The van der Waals surface area contributed by atoms with Crippen LogP contribution in [0.2, 0.25) is 0 Å². The number of carboxylic acid groups (broad SMARTS) is 1. The second-order valence-electron chi connectivity index (χ2n) is 12.8. The van der Waals surface area contributed by atoms with Gasteiger partial charge in [-0.3, -0.25) is 14.4 Å². The average molecular weight is 706 g/mol. The molecule has 0 aliphatic heterocycles. The van der Waals surface area contributed by atoms with E-state index >= 15 is 0 Å². The number of carbonyl (C=O) groups excluding carboxylic acids is 4. The molecule has 0 aromatic heterocycles. The first-order chi connectivity index (χ1) is 24.3. The third kappa shape index (κ3) is 15.4. The number of benzene rings is 3. The van der Waals surface area contributed by atoms with E-state index < -0.39 is 66.1 Å². The lowest BCUT2D eigenvalue weighted by atomic mass is 10.1. The Morgan fingerprint density at radius 2 is 1.22 bits per heavy atom. The van der Waals surface area contributed by atoms with E-state index in [4.69, 9.17) is 18.9 Å². The number of nitrogens with one attached hydrogen (secondary N) is 3. The molecule has 0 bridgehead atoms. The predicted octanol–water partition coefficient (Wildman–Crippen LogP) is 4.28. The lowest BCUT2D eigenvalue weighted by molar-refractivity contribution is -0.150. The highest BCUT2D eigenvalue weighted by Gasteiger charge is 2.35. The number of carboxylic acids is 1. The first-order valence-corrected chi connectivity index (χ1v) is 16.6. The van der Waals surface area contributed by atoms with Gasteiger partial charge in [-0.2, -0.15) is 0 Å². The molecule has 0 radical (unpaired) electrons. The van der Waals surface area contributed by atoms with Crippen LogP contribution in [-0.2, 0) is 57.9 Å². The van der Waals surface area contributed by atoms with Gasteiger partial charge in [0.25, 0.3) is 0 Å². The summed E-state index contributed by atoms with van der Waals surface area (Å²) < 4.78 is 22.5. The van der Waals surface area contributed by atoms with Crippen LogP contribution >= 0.6 is 0 Å². The van der Waals surface area contributed by atoms with E-state index in [1.165, 1.54) is 0 Å². The minimum absolute atomic E-state index is 0.0863. The van der Waals surface area contributed by atoms with Gasteiger partial charge in [0, 0.05) is 6.42 Å². The van der Waals surface area contributed by atoms with Crippen molar-refractivity contribution in [2.75, 3.05) is 6.61 Å². The second kappa shape index (κ2) is 20.4. The topological polar surface area (TPSA) is 179 Å². The van der Waals surface area contributed by atoms with Gasteiger partial charge in [-0.1, -0.05) is 91.0 Å². The van der Waals surface area contributed by atoms with E-state index in [-0.39, 0.29) is 32.8 Å². The van der Waals surface area contributed by atoms with Crippen molar-refractivity contribution in [3.8, 4) is 0 Å². The van der Waals surface area contributed by atoms with Crippen LogP contribution in [0.3, 0.4) is 0 Å². The SMILES string of the molecule is C[C@@H](OCc1ccccc1)[C@H](NC(=O)[C@H](COCc1ccccc1)NC(=O)OC(C)(C)C)C(=O)N[C@@H](CCC(=O)O)C(=O)OCc1ccccc1. The maximum Gasteiger partial charge on any atom is 0.408 e. The number of carbonyl (C=O) groups is 5. The Hall–Kier alpha value is -5.27. The molecule has 51 heavy (non-hydrogen) atoms. The number of hydrogen-bond acceptors (Lipinski definition) is 9. The highest BCUT2D eigenvalue weighted by Crippen LogP contribution is 2.12. The fraction of sp³-hybridized carbons (Fsp3) is 0.395. The molecule has 0 aliphatic carbocycles. The smallest absolute Gasteiger partial charge is 0.408 e. The van der Waals surface area contributed by atoms with Crippen LogP contribution in [0, 0.1) is 0 Å². The van der Waals surface area contributed by atoms with Gasteiger partial charge in [-0.15, -0.1) is 0 Å². The Morgan fingerprint density at radius 3 is 1.75 bits per heavy atom. The Labute approximate surface area is 298 Å². The van der Waals surface area contributed by atoms with Gasteiger partial charge < -0.3 is 40.0 Å².